The SMILES string of the molecule is CC(=O)c1ccc(S(=O)(=O)NCCC(=O)Nc2cccc(Br)c2)cc1. The van der Waals surface area contributed by atoms with E-state index in [0.717, 1.165) is 4.47 Å². The number of anilines is 1. The van der Waals surface area contributed by atoms with Crippen LogP contribution in [-0.4, -0.2) is 26.7 Å². The van der Waals surface area contributed by atoms with Crippen LogP contribution in [0.5, 0.6) is 0 Å². The topological polar surface area (TPSA) is 92.3 Å². The number of carbonyl (C=O) groups is 2. The van der Waals surface area contributed by atoms with E-state index >= 15 is 0 Å². The standard InChI is InChI=1S/C17H17BrN2O4S/c1-12(21)13-5-7-16(8-6-13)25(23,24)19-10-9-17(22)20-15-4-2-3-14(18)11-15/h2-8,11,19H,9-10H2,1H3,(H,20,22). The second-order valence-corrected chi connectivity index (χ2v) is 7.97. The fraction of sp³-hybridized carbons (Fsp3) is 0.176. The third-order valence-corrected chi connectivity index (χ3v) is 5.29. The first kappa shape index (κ1) is 19.3. The van der Waals surface area contributed by atoms with Crippen LogP contribution in [0.3, 0.4) is 0 Å². The highest BCUT2D eigenvalue weighted by molar-refractivity contribution is 9.10. The number of hydrogen-bond donors (Lipinski definition) is 2. The molecular weight excluding hydrogens is 408 g/mol. The summed E-state index contributed by atoms with van der Waals surface area (Å²) < 4.78 is 27.5. The van der Waals surface area contributed by atoms with Crippen molar-refractivity contribution in [3.8, 4) is 0 Å². The molecule has 2 rings (SSSR count). The van der Waals surface area contributed by atoms with Crippen LogP contribution in [0.2, 0.25) is 0 Å². The molecule has 0 radical (unpaired) electrons. The number of halogens is 1. The Bertz CT molecular complexity index is 880. The number of nitrogens with one attached hydrogen (secondary N) is 2. The van der Waals surface area contributed by atoms with Crippen LogP contribution in [0.1, 0.15) is 23.7 Å². The van der Waals surface area contributed by atoms with Gasteiger partial charge < -0.3 is 5.32 Å². The first-order chi connectivity index (χ1) is 11.8. The van der Waals surface area contributed by atoms with Gasteiger partial charge in [0.05, 0.1) is 4.90 Å². The molecule has 0 spiro atoms. The van der Waals surface area contributed by atoms with Crippen molar-refractivity contribution in [1.82, 2.24) is 4.72 Å². The molecule has 132 valence electrons. The molecule has 2 N–H and O–H groups in total. The van der Waals surface area contributed by atoms with Gasteiger partial charge >= 0.3 is 0 Å². The zero-order valence-electron chi connectivity index (χ0n) is 13.5. The first-order valence-electron chi connectivity index (χ1n) is 7.44. The van der Waals surface area contributed by atoms with E-state index in [4.69, 9.17) is 0 Å². The van der Waals surface area contributed by atoms with Gasteiger partial charge in [-0.25, -0.2) is 13.1 Å². The maximum atomic E-state index is 12.2. The average Bonchev–Trinajstić information content (AvgIpc) is 2.54. The normalized spacial score (nSPS) is 11.1. The van der Waals surface area contributed by atoms with Gasteiger partial charge in [-0.1, -0.05) is 34.1 Å². The molecule has 0 aliphatic heterocycles. The van der Waals surface area contributed by atoms with E-state index in [9.17, 15) is 18.0 Å². The molecule has 0 saturated carbocycles. The number of carbonyl (C=O) groups excluding carboxylic acids is 2. The summed E-state index contributed by atoms with van der Waals surface area (Å²) in [6, 6.07) is 12.7. The van der Waals surface area contributed by atoms with Crippen LogP contribution in [0, 0.1) is 0 Å². The zero-order chi connectivity index (χ0) is 18.4. The van der Waals surface area contributed by atoms with Gasteiger partial charge in [-0.3, -0.25) is 9.59 Å². The highest BCUT2D eigenvalue weighted by atomic mass is 79.9. The third kappa shape index (κ3) is 5.77. The molecule has 0 atom stereocenters. The average molecular weight is 425 g/mol. The second-order valence-electron chi connectivity index (χ2n) is 5.29. The molecule has 0 fully saturated rings. The lowest BCUT2D eigenvalue weighted by Crippen LogP contribution is -2.27. The molecule has 0 heterocycles. The van der Waals surface area contributed by atoms with Crippen molar-refractivity contribution in [3.05, 3.63) is 58.6 Å². The van der Waals surface area contributed by atoms with Crippen molar-refractivity contribution in [3.63, 3.8) is 0 Å². The fourth-order valence-electron chi connectivity index (χ4n) is 2.04. The van der Waals surface area contributed by atoms with Crippen molar-refractivity contribution in [1.29, 1.82) is 0 Å². The predicted molar refractivity (Wildman–Crippen MR) is 99.0 cm³/mol. The van der Waals surface area contributed by atoms with Gasteiger partial charge in [0.2, 0.25) is 15.9 Å². The summed E-state index contributed by atoms with van der Waals surface area (Å²) in [6.45, 7) is 1.38. The van der Waals surface area contributed by atoms with Gasteiger partial charge in [-0.15, -0.1) is 0 Å². The van der Waals surface area contributed by atoms with Crippen molar-refractivity contribution in [2.24, 2.45) is 0 Å². The van der Waals surface area contributed by atoms with E-state index in [0.29, 0.717) is 11.3 Å². The molecule has 25 heavy (non-hydrogen) atoms. The monoisotopic (exact) mass is 424 g/mol. The summed E-state index contributed by atoms with van der Waals surface area (Å²) >= 11 is 3.31. The highest BCUT2D eigenvalue weighted by Gasteiger charge is 2.14. The number of benzene rings is 2. The lowest BCUT2D eigenvalue weighted by atomic mass is 10.2. The molecule has 2 aromatic carbocycles. The van der Waals surface area contributed by atoms with Gasteiger partial charge in [-0.2, -0.15) is 0 Å². The first-order valence-corrected chi connectivity index (χ1v) is 9.71. The van der Waals surface area contributed by atoms with Crippen molar-refractivity contribution >= 4 is 43.3 Å². The molecule has 1 amide bonds. The molecule has 6 nitrogen and oxygen atoms in total. The number of ketones is 1. The minimum atomic E-state index is -3.73. The second kappa shape index (κ2) is 8.37. The number of rotatable bonds is 7. The van der Waals surface area contributed by atoms with E-state index in [1.807, 2.05) is 6.07 Å². The van der Waals surface area contributed by atoms with Crippen LogP contribution in [0.25, 0.3) is 0 Å². The molecule has 2 aromatic rings. The van der Waals surface area contributed by atoms with Gasteiger partial charge in [0, 0.05) is 28.7 Å². The number of sulfonamides is 1. The molecule has 0 aliphatic rings. The van der Waals surface area contributed by atoms with Crippen LogP contribution in [0.15, 0.2) is 57.9 Å². The zero-order valence-corrected chi connectivity index (χ0v) is 15.9. The Labute approximate surface area is 154 Å². The predicted octanol–water partition coefficient (Wildman–Crippen LogP) is 2.96. The maximum Gasteiger partial charge on any atom is 0.240 e. The van der Waals surface area contributed by atoms with Crippen LogP contribution in [0.4, 0.5) is 5.69 Å². The Hall–Kier alpha value is -2.03. The Morgan fingerprint density at radius 1 is 1.08 bits per heavy atom. The maximum absolute atomic E-state index is 12.2. The largest absolute Gasteiger partial charge is 0.326 e. The lowest BCUT2D eigenvalue weighted by molar-refractivity contribution is -0.116. The summed E-state index contributed by atoms with van der Waals surface area (Å²) in [5.41, 5.74) is 1.06. The Balaban J connectivity index is 1.89. The van der Waals surface area contributed by atoms with Gasteiger partial charge in [0.15, 0.2) is 5.78 Å². The Kier molecular flexibility index (Phi) is 6.46. The number of hydrogen-bond acceptors (Lipinski definition) is 4. The fourth-order valence-corrected chi connectivity index (χ4v) is 3.47. The van der Waals surface area contributed by atoms with Crippen molar-refractivity contribution in [2.75, 3.05) is 11.9 Å². The Morgan fingerprint density at radius 2 is 1.76 bits per heavy atom. The van der Waals surface area contributed by atoms with Crippen molar-refractivity contribution < 1.29 is 18.0 Å². The van der Waals surface area contributed by atoms with E-state index < -0.39 is 10.0 Å². The van der Waals surface area contributed by atoms with E-state index in [1.165, 1.54) is 31.2 Å². The van der Waals surface area contributed by atoms with Crippen LogP contribution in [-0.2, 0) is 14.8 Å². The summed E-state index contributed by atoms with van der Waals surface area (Å²) in [4.78, 5) is 23.1. The summed E-state index contributed by atoms with van der Waals surface area (Å²) in [5, 5.41) is 2.69. The van der Waals surface area contributed by atoms with E-state index in [-0.39, 0.29) is 29.6 Å². The summed E-state index contributed by atoms with van der Waals surface area (Å²) in [7, 11) is -3.73. The molecule has 0 aliphatic carbocycles. The molecule has 0 bridgehead atoms. The third-order valence-electron chi connectivity index (χ3n) is 3.32. The van der Waals surface area contributed by atoms with Crippen LogP contribution >= 0.6 is 15.9 Å². The quantitative estimate of drug-likeness (QED) is 0.668. The Morgan fingerprint density at radius 3 is 2.36 bits per heavy atom. The molecular formula is C17H17BrN2O4S. The number of amides is 1. The van der Waals surface area contributed by atoms with Gasteiger partial charge in [0.1, 0.15) is 0 Å². The summed E-state index contributed by atoms with van der Waals surface area (Å²) in [6.07, 6.45) is -0.00271. The van der Waals surface area contributed by atoms with E-state index in [1.54, 1.807) is 18.2 Å². The van der Waals surface area contributed by atoms with Crippen molar-refractivity contribution in [2.45, 2.75) is 18.2 Å². The number of Topliss-reactive ketones (excluding diaryl/α,β-unsaturated/α-hetero) is 1. The van der Waals surface area contributed by atoms with Gasteiger partial charge in [-0.05, 0) is 37.3 Å². The molecule has 0 aromatic heterocycles. The minimum Gasteiger partial charge on any atom is -0.326 e. The smallest absolute Gasteiger partial charge is 0.240 e. The highest BCUT2D eigenvalue weighted by Crippen LogP contribution is 2.16. The van der Waals surface area contributed by atoms with E-state index in [2.05, 4.69) is 26.0 Å². The summed E-state index contributed by atoms with van der Waals surface area (Å²) in [5.74, 6) is -0.436. The van der Waals surface area contributed by atoms with Crippen LogP contribution < -0.4 is 10.0 Å². The lowest BCUT2D eigenvalue weighted by Gasteiger charge is -2.08. The van der Waals surface area contributed by atoms with Gasteiger partial charge in [0.25, 0.3) is 0 Å². The molecule has 8 heteroatoms. The molecule has 0 saturated heterocycles. The minimum absolute atomic E-state index is 0.00271. The molecule has 0 unspecified atom stereocenters.